The summed E-state index contributed by atoms with van der Waals surface area (Å²) in [7, 11) is -3.50. The summed E-state index contributed by atoms with van der Waals surface area (Å²) in [5, 5.41) is 10.1. The molecule has 47 heavy (non-hydrogen) atoms. The molecule has 2 saturated carbocycles. The molecule has 4 fully saturated rings. The number of nitrogens with zero attached hydrogens (tertiary/aromatic N) is 7. The van der Waals surface area contributed by atoms with Gasteiger partial charge in [-0.2, -0.15) is 4.98 Å². The molecule has 2 aliphatic carbocycles. The molecule has 252 valence electrons. The van der Waals surface area contributed by atoms with Crippen LogP contribution in [0.5, 0.6) is 0 Å². The molecule has 6 heterocycles. The number of phosphoric acid groups is 1. The number of hydrogen-bond acceptors (Lipinski definition) is 17. The summed E-state index contributed by atoms with van der Waals surface area (Å²) in [4.78, 5) is 46.8. The number of methoxy groups -OCH3 is 1. The number of hydrogen-bond donors (Lipinski definition) is 6. The number of aromatic amines is 1. The number of aliphatic hydroxyl groups is 1. The number of aromatic nitrogens is 8. The van der Waals surface area contributed by atoms with Gasteiger partial charge in [-0.25, -0.2) is 29.1 Å². The van der Waals surface area contributed by atoms with E-state index in [1.54, 1.807) is 4.57 Å². The molecular formula is C23H28N10O10P2S2. The lowest BCUT2D eigenvalue weighted by molar-refractivity contribution is -0.0275. The normalized spacial score (nSPS) is 40.4. The number of ether oxygens (including phenoxy) is 1. The third-order valence-electron chi connectivity index (χ3n) is 9.21. The maximum Gasteiger partial charge on any atom is 0.472 e. The maximum absolute atomic E-state index is 13.8. The molecule has 0 amide bonds. The molecule has 24 heteroatoms. The molecule has 2 aliphatic heterocycles. The molecule has 4 aromatic heterocycles. The Morgan fingerprint density at radius 1 is 1.13 bits per heavy atom. The molecule has 0 radical (unpaired) electrons. The van der Waals surface area contributed by atoms with E-state index in [0.29, 0.717) is 17.6 Å². The van der Waals surface area contributed by atoms with Gasteiger partial charge >= 0.3 is 14.6 Å². The summed E-state index contributed by atoms with van der Waals surface area (Å²) in [6.07, 6.45) is -0.216. The first-order chi connectivity index (χ1) is 22.3. The fraction of sp³-hybridized carbons (Fsp3) is 0.565. The van der Waals surface area contributed by atoms with Gasteiger partial charge in [0, 0.05) is 12.5 Å². The number of H-pyrrole nitrogens is 1. The van der Waals surface area contributed by atoms with E-state index in [1.165, 1.54) is 42.4 Å². The number of thiol groups is 1. The summed E-state index contributed by atoms with van der Waals surface area (Å²) in [5.74, 6) is -0.410. The van der Waals surface area contributed by atoms with E-state index >= 15 is 0 Å². The van der Waals surface area contributed by atoms with E-state index in [9.17, 15) is 23.9 Å². The number of nitrogen functional groups attached to an aromatic ring is 2. The van der Waals surface area contributed by atoms with Crippen molar-refractivity contribution in [2.24, 2.45) is 11.3 Å². The molecule has 4 aliphatic rings. The second-order valence-electron chi connectivity index (χ2n) is 11.8. The van der Waals surface area contributed by atoms with Crippen molar-refractivity contribution < 1.29 is 42.0 Å². The molecular weight excluding hydrogens is 702 g/mol. The lowest BCUT2D eigenvalue weighted by atomic mass is 10.0. The molecule has 1 spiro atoms. The van der Waals surface area contributed by atoms with Crippen LogP contribution < -0.4 is 17.0 Å². The van der Waals surface area contributed by atoms with E-state index in [-0.39, 0.29) is 29.5 Å². The highest BCUT2D eigenvalue weighted by atomic mass is 32.7. The van der Waals surface area contributed by atoms with Crippen LogP contribution in [0.2, 0.25) is 0 Å². The summed E-state index contributed by atoms with van der Waals surface area (Å²) < 4.78 is 59.4. The van der Waals surface area contributed by atoms with E-state index < -0.39 is 79.2 Å². The minimum absolute atomic E-state index is 0.0163. The van der Waals surface area contributed by atoms with Crippen molar-refractivity contribution >= 4 is 72.7 Å². The Hall–Kier alpha value is -2.62. The fourth-order valence-corrected chi connectivity index (χ4v) is 11.4. The van der Waals surface area contributed by atoms with E-state index in [1.807, 2.05) is 0 Å². The first-order valence-electron chi connectivity index (χ1n) is 14.2. The van der Waals surface area contributed by atoms with Crippen molar-refractivity contribution in [3.8, 4) is 0 Å². The highest BCUT2D eigenvalue weighted by molar-refractivity contribution is 8.44. The number of phosphoric ester groups is 1. The molecule has 2 saturated heterocycles. The van der Waals surface area contributed by atoms with Crippen LogP contribution in [0.25, 0.3) is 22.3 Å². The van der Waals surface area contributed by atoms with E-state index in [4.69, 9.17) is 34.3 Å². The Kier molecular flexibility index (Phi) is 7.37. The predicted molar refractivity (Wildman–Crippen MR) is 167 cm³/mol. The van der Waals surface area contributed by atoms with Crippen LogP contribution in [0.3, 0.4) is 0 Å². The zero-order valence-corrected chi connectivity index (χ0v) is 27.7. The minimum Gasteiger partial charge on any atom is -0.388 e. The SMILES string of the molecule is CO[C@H]1[C@H]2OP(=O)(O)OC[C@]34CC3[C@@H](n3cnc5c(N)ncnc53)[C@H](O)[C@@H]4O[P@](=O)(S)OC[C@H]1S[C@H]2n1cnc2c(=O)[nH]c(N)nc21. The van der Waals surface area contributed by atoms with Gasteiger partial charge in [-0.15, -0.1) is 11.8 Å². The van der Waals surface area contributed by atoms with Crippen LogP contribution in [0.15, 0.2) is 23.8 Å². The van der Waals surface area contributed by atoms with E-state index in [0.717, 1.165) is 0 Å². The molecule has 7 N–H and O–H groups in total. The maximum atomic E-state index is 13.8. The first-order valence-corrected chi connectivity index (χ1v) is 19.3. The summed E-state index contributed by atoms with van der Waals surface area (Å²) >= 11 is 5.41. The lowest BCUT2D eigenvalue weighted by Crippen LogP contribution is -2.37. The number of nitrogens with two attached hydrogens (primary N) is 2. The van der Waals surface area contributed by atoms with Crippen molar-refractivity contribution in [3.05, 3.63) is 29.3 Å². The fourth-order valence-electron chi connectivity index (χ4n) is 7.08. The van der Waals surface area contributed by atoms with Crippen molar-refractivity contribution in [1.29, 1.82) is 0 Å². The Balaban J connectivity index is 1.15. The second-order valence-corrected chi connectivity index (χ2v) is 17.4. The van der Waals surface area contributed by atoms with Gasteiger partial charge in [-0.1, -0.05) is 12.2 Å². The number of anilines is 2. The Labute approximate surface area is 273 Å². The Bertz CT molecular complexity index is 2070. The molecule has 20 nitrogen and oxygen atoms in total. The summed E-state index contributed by atoms with van der Waals surface area (Å²) in [5.41, 5.74) is 10.8. The first kappa shape index (κ1) is 31.6. The number of thioether (sulfide) groups is 1. The van der Waals surface area contributed by atoms with Crippen molar-refractivity contribution in [2.75, 3.05) is 31.8 Å². The zero-order chi connectivity index (χ0) is 33.0. The summed E-state index contributed by atoms with van der Waals surface area (Å²) in [6, 6.07) is -0.713. The predicted octanol–water partition coefficient (Wildman–Crippen LogP) is 0.630. The Morgan fingerprint density at radius 3 is 2.68 bits per heavy atom. The molecule has 8 rings (SSSR count). The van der Waals surface area contributed by atoms with Gasteiger partial charge < -0.3 is 30.8 Å². The number of rotatable bonds is 3. The van der Waals surface area contributed by atoms with Crippen LogP contribution in [-0.2, 0) is 32.0 Å². The minimum atomic E-state index is -4.87. The second kappa shape index (κ2) is 10.9. The molecule has 2 bridgehead atoms. The highest BCUT2D eigenvalue weighted by Gasteiger charge is 2.74. The van der Waals surface area contributed by atoms with Gasteiger partial charge in [0.25, 0.3) is 5.56 Å². The number of nitrogens with one attached hydrogen (secondary N) is 1. The topological polar surface area (TPSA) is 280 Å². The summed E-state index contributed by atoms with van der Waals surface area (Å²) in [6.45, 7) is -4.89. The smallest absolute Gasteiger partial charge is 0.388 e. The van der Waals surface area contributed by atoms with Crippen LogP contribution in [0.4, 0.5) is 11.8 Å². The number of fused-ring (bicyclic) bond motifs is 4. The quantitative estimate of drug-likeness (QED) is 0.124. The third-order valence-corrected chi connectivity index (χ3v) is 13.3. The molecule has 0 aromatic carbocycles. The molecule has 2 unspecified atom stereocenters. The molecule has 4 aromatic rings. The van der Waals surface area contributed by atoms with Crippen LogP contribution in [0, 0.1) is 11.3 Å². The largest absolute Gasteiger partial charge is 0.472 e. The van der Waals surface area contributed by atoms with Gasteiger partial charge in [-0.3, -0.25) is 32.4 Å². The van der Waals surface area contributed by atoms with Crippen molar-refractivity contribution in [3.63, 3.8) is 0 Å². The van der Waals surface area contributed by atoms with Crippen LogP contribution in [-0.4, -0.2) is 99.0 Å². The van der Waals surface area contributed by atoms with Crippen molar-refractivity contribution in [2.45, 2.75) is 47.5 Å². The van der Waals surface area contributed by atoms with Crippen LogP contribution >= 0.6 is 38.6 Å². The van der Waals surface area contributed by atoms with E-state index in [2.05, 4.69) is 42.2 Å². The highest BCUT2D eigenvalue weighted by Crippen LogP contribution is 2.73. The third kappa shape index (κ3) is 5.04. The molecule has 11 atom stereocenters. The van der Waals surface area contributed by atoms with Crippen molar-refractivity contribution in [1.82, 2.24) is 39.0 Å². The monoisotopic (exact) mass is 730 g/mol. The van der Waals surface area contributed by atoms with Crippen LogP contribution in [0.1, 0.15) is 17.8 Å². The van der Waals surface area contributed by atoms with Gasteiger partial charge in [0.05, 0.1) is 37.2 Å². The number of imidazole rings is 2. The zero-order valence-electron chi connectivity index (χ0n) is 24.2. The lowest BCUT2D eigenvalue weighted by Gasteiger charge is -2.30. The van der Waals surface area contributed by atoms with Gasteiger partial charge in [-0.05, 0) is 12.3 Å². The van der Waals surface area contributed by atoms with Gasteiger partial charge in [0.1, 0.15) is 41.6 Å². The average Bonchev–Trinajstić information content (AvgIpc) is 3.30. The van der Waals surface area contributed by atoms with Gasteiger partial charge in [0.15, 0.2) is 22.6 Å². The average molecular weight is 731 g/mol. The number of aliphatic hydroxyl groups excluding tert-OH is 1. The van der Waals surface area contributed by atoms with Gasteiger partial charge in [0.2, 0.25) is 5.95 Å². The Morgan fingerprint density at radius 2 is 1.89 bits per heavy atom. The standard InChI is InChI=1S/C23H28N10O10P2S2/c1-39-14-9-3-40-45(38,46)43-16-13(34)12(32-6-28-10-17(24)26-5-27-18(10)32)8-2-23(8,16)4-41-44(36,37)42-15(14)21(47-9)33-7-29-11-19(33)30-22(25)31-20(11)35/h5-9,12-16,21,34H,2-4H2,1H3,(H,36,37)(H,38,46)(H2,24,26,27)(H3,25,30,31,35)/t8?,9-,12-,13+,14-,15-,16+,21-,23-,45-/m1/s1.